The van der Waals surface area contributed by atoms with Gasteiger partial charge in [-0.3, -0.25) is 4.57 Å². The lowest BCUT2D eigenvalue weighted by Gasteiger charge is -2.13. The topological polar surface area (TPSA) is 119 Å². The lowest BCUT2D eigenvalue weighted by molar-refractivity contribution is 0.0511. The van der Waals surface area contributed by atoms with Gasteiger partial charge in [0.05, 0.1) is 11.9 Å². The van der Waals surface area contributed by atoms with Crippen molar-refractivity contribution in [1.82, 2.24) is 14.5 Å². The minimum absolute atomic E-state index is 0.106. The van der Waals surface area contributed by atoms with Crippen molar-refractivity contribution in [2.45, 2.75) is 6.92 Å². The number of nitriles is 1. The maximum absolute atomic E-state index is 9.66. The molecule has 122 valence electrons. The van der Waals surface area contributed by atoms with E-state index in [0.29, 0.717) is 22.6 Å². The van der Waals surface area contributed by atoms with Crippen molar-refractivity contribution in [3.8, 4) is 23.4 Å². The van der Waals surface area contributed by atoms with Crippen molar-refractivity contribution in [2.24, 2.45) is 0 Å². The predicted molar refractivity (Wildman–Crippen MR) is 86.9 cm³/mol. The quantitative estimate of drug-likeness (QED) is 0.703. The number of rotatable bonds is 4. The maximum Gasteiger partial charge on any atom is 0.231 e. The summed E-state index contributed by atoms with van der Waals surface area (Å²) < 4.78 is 11.9. The van der Waals surface area contributed by atoms with Crippen LogP contribution in [0, 0.1) is 18.3 Å². The largest absolute Gasteiger partial charge is 0.492 e. The molecule has 8 nitrogen and oxygen atoms in total. The number of fused-ring (bicyclic) bond motifs is 1. The van der Waals surface area contributed by atoms with Crippen molar-refractivity contribution in [3.63, 3.8) is 0 Å². The zero-order chi connectivity index (χ0) is 17.3. The lowest BCUT2D eigenvalue weighted by Crippen LogP contribution is -2.05. The molecule has 0 radical (unpaired) electrons. The van der Waals surface area contributed by atoms with Gasteiger partial charge in [-0.05, 0) is 18.6 Å². The van der Waals surface area contributed by atoms with Crippen molar-refractivity contribution >= 4 is 17.0 Å². The summed E-state index contributed by atoms with van der Waals surface area (Å²) in [6, 6.07) is 7.45. The second-order valence-electron chi connectivity index (χ2n) is 5.11. The highest BCUT2D eigenvalue weighted by molar-refractivity contribution is 5.88. The summed E-state index contributed by atoms with van der Waals surface area (Å²) in [4.78, 5) is 8.15. The van der Waals surface area contributed by atoms with E-state index in [1.165, 1.54) is 13.3 Å². The van der Waals surface area contributed by atoms with Gasteiger partial charge in [-0.25, -0.2) is 4.98 Å². The van der Waals surface area contributed by atoms with Crippen LogP contribution in [0.2, 0.25) is 0 Å². The van der Waals surface area contributed by atoms with E-state index in [9.17, 15) is 10.4 Å². The van der Waals surface area contributed by atoms with Crippen LogP contribution in [0.4, 0.5) is 5.82 Å². The molecule has 3 rings (SSSR count). The molecule has 24 heavy (non-hydrogen) atoms. The molecule has 0 saturated carbocycles. The summed E-state index contributed by atoms with van der Waals surface area (Å²) >= 11 is 0. The summed E-state index contributed by atoms with van der Waals surface area (Å²) in [6.45, 7) is 2.00. The Morgan fingerprint density at radius 1 is 1.42 bits per heavy atom. The number of aromatic hydroxyl groups is 1. The van der Waals surface area contributed by atoms with Gasteiger partial charge in [0.25, 0.3) is 0 Å². The van der Waals surface area contributed by atoms with Crippen LogP contribution in [0.3, 0.4) is 0 Å². The predicted octanol–water partition coefficient (Wildman–Crippen LogP) is 1.87. The molecule has 8 heteroatoms. The number of nitrogen functional groups attached to an aromatic ring is 1. The van der Waals surface area contributed by atoms with E-state index in [1.54, 1.807) is 16.7 Å². The fraction of sp³-hybridized carbons (Fsp3) is 0.188. The van der Waals surface area contributed by atoms with Gasteiger partial charge in [0.2, 0.25) is 5.88 Å². The molecule has 2 heterocycles. The third-order valence-electron chi connectivity index (χ3n) is 3.56. The normalized spacial score (nSPS) is 10.7. The van der Waals surface area contributed by atoms with E-state index >= 15 is 0 Å². The molecule has 0 spiro atoms. The van der Waals surface area contributed by atoms with Crippen LogP contribution in [0.25, 0.3) is 16.9 Å². The van der Waals surface area contributed by atoms with E-state index in [2.05, 4.69) is 9.97 Å². The van der Waals surface area contributed by atoms with E-state index < -0.39 is 0 Å². The van der Waals surface area contributed by atoms with Gasteiger partial charge in [-0.1, -0.05) is 6.07 Å². The van der Waals surface area contributed by atoms with Crippen LogP contribution in [-0.2, 0) is 4.74 Å². The molecule has 3 aromatic rings. The summed E-state index contributed by atoms with van der Waals surface area (Å²) in [7, 11) is 1.53. The highest BCUT2D eigenvalue weighted by Crippen LogP contribution is 2.32. The van der Waals surface area contributed by atoms with Crippen LogP contribution in [0.5, 0.6) is 11.6 Å². The third kappa shape index (κ3) is 2.47. The molecular weight excluding hydrogens is 310 g/mol. The van der Waals surface area contributed by atoms with Crippen LogP contribution in [-0.4, -0.2) is 33.5 Å². The Bertz CT molecular complexity index is 958. The monoisotopic (exact) mass is 325 g/mol. The Labute approximate surface area is 137 Å². The van der Waals surface area contributed by atoms with Gasteiger partial charge in [-0.15, -0.1) is 0 Å². The summed E-state index contributed by atoms with van der Waals surface area (Å²) in [6.07, 6.45) is 1.18. The van der Waals surface area contributed by atoms with Crippen molar-refractivity contribution in [3.05, 3.63) is 35.5 Å². The number of nitrogens with zero attached hydrogens (tertiary/aromatic N) is 4. The minimum atomic E-state index is -0.254. The molecule has 0 bridgehead atoms. The van der Waals surface area contributed by atoms with E-state index in [0.717, 1.165) is 5.56 Å². The molecule has 0 aliphatic carbocycles. The first-order chi connectivity index (χ1) is 11.6. The van der Waals surface area contributed by atoms with E-state index in [-0.39, 0.29) is 24.1 Å². The first kappa shape index (κ1) is 15.6. The number of anilines is 1. The minimum Gasteiger partial charge on any atom is -0.492 e. The molecule has 0 aliphatic heterocycles. The zero-order valence-corrected chi connectivity index (χ0v) is 13.1. The second kappa shape index (κ2) is 6.06. The molecule has 0 saturated heterocycles. The highest BCUT2D eigenvalue weighted by Gasteiger charge is 2.20. The molecule has 3 N–H and O–H groups in total. The van der Waals surface area contributed by atoms with Crippen molar-refractivity contribution in [2.75, 3.05) is 19.6 Å². The molecule has 1 aromatic carbocycles. The number of methoxy groups -OCH3 is 1. The van der Waals surface area contributed by atoms with Gasteiger partial charge in [-0.2, -0.15) is 10.2 Å². The van der Waals surface area contributed by atoms with Crippen LogP contribution < -0.4 is 10.5 Å². The first-order valence-corrected chi connectivity index (χ1v) is 7.05. The van der Waals surface area contributed by atoms with Crippen LogP contribution >= 0.6 is 0 Å². The zero-order valence-electron chi connectivity index (χ0n) is 13.1. The molecule has 0 aliphatic rings. The average molecular weight is 325 g/mol. The molecular formula is C16H15N5O3. The van der Waals surface area contributed by atoms with Crippen molar-refractivity contribution < 1.29 is 14.6 Å². The fourth-order valence-corrected chi connectivity index (χ4v) is 2.45. The smallest absolute Gasteiger partial charge is 0.231 e. The fourth-order valence-electron chi connectivity index (χ4n) is 2.45. The number of aryl methyl sites for hydroxylation is 1. The molecule has 0 amide bonds. The number of benzene rings is 1. The Morgan fingerprint density at radius 2 is 2.21 bits per heavy atom. The molecule has 0 fully saturated rings. The van der Waals surface area contributed by atoms with Gasteiger partial charge in [0.1, 0.15) is 28.7 Å². The maximum atomic E-state index is 9.66. The Kier molecular flexibility index (Phi) is 3.93. The van der Waals surface area contributed by atoms with Gasteiger partial charge >= 0.3 is 0 Å². The number of ether oxygens (including phenoxy) is 2. The van der Waals surface area contributed by atoms with Gasteiger partial charge < -0.3 is 20.3 Å². The molecule has 0 unspecified atom stereocenters. The standard InChI is InChI=1S/C16H15N5O3/c1-9-3-4-10(24-8-23-2)5-12(9)21-15(18)11(6-17)14-16(21)20-13(22)7-19-14/h3-5,7H,8,18H2,1-2H3,(H,20,22). The number of aromatic nitrogens is 3. The first-order valence-electron chi connectivity index (χ1n) is 7.05. The Balaban J connectivity index is 2.28. The number of hydrogen-bond acceptors (Lipinski definition) is 7. The highest BCUT2D eigenvalue weighted by atomic mass is 16.7. The van der Waals surface area contributed by atoms with Crippen LogP contribution in [0.15, 0.2) is 24.4 Å². The van der Waals surface area contributed by atoms with Crippen LogP contribution in [0.1, 0.15) is 11.1 Å². The second-order valence-corrected chi connectivity index (χ2v) is 5.11. The lowest BCUT2D eigenvalue weighted by atomic mass is 10.2. The Morgan fingerprint density at radius 3 is 2.92 bits per heavy atom. The van der Waals surface area contributed by atoms with Crippen molar-refractivity contribution in [1.29, 1.82) is 5.26 Å². The van der Waals surface area contributed by atoms with E-state index in [4.69, 9.17) is 15.2 Å². The SMILES string of the molecule is COCOc1ccc(C)c(-n2c(N)c(C#N)c3ncc(O)nc32)c1. The molecule has 2 aromatic heterocycles. The van der Waals surface area contributed by atoms with Gasteiger partial charge in [0.15, 0.2) is 12.4 Å². The summed E-state index contributed by atoms with van der Waals surface area (Å²) in [5.74, 6) is 0.519. The number of hydrogen-bond donors (Lipinski definition) is 2. The molecule has 0 atom stereocenters. The summed E-state index contributed by atoms with van der Waals surface area (Å²) in [5, 5.41) is 19.0. The Hall–Kier alpha value is -3.31. The van der Waals surface area contributed by atoms with E-state index in [1.807, 2.05) is 19.1 Å². The van der Waals surface area contributed by atoms with Gasteiger partial charge in [0, 0.05) is 13.2 Å². The average Bonchev–Trinajstić information content (AvgIpc) is 2.84. The summed E-state index contributed by atoms with van der Waals surface area (Å²) in [5.41, 5.74) is 8.54. The number of nitrogens with two attached hydrogens (primary N) is 1. The third-order valence-corrected chi connectivity index (χ3v) is 3.56.